The lowest BCUT2D eigenvalue weighted by molar-refractivity contribution is 0.0527. The van der Waals surface area contributed by atoms with Crippen molar-refractivity contribution in [3.63, 3.8) is 0 Å². The first-order valence-electron chi connectivity index (χ1n) is 9.18. The second kappa shape index (κ2) is 7.56. The van der Waals surface area contributed by atoms with Gasteiger partial charge in [-0.15, -0.1) is 11.3 Å². The van der Waals surface area contributed by atoms with Crippen molar-refractivity contribution in [1.82, 2.24) is 4.57 Å². The van der Waals surface area contributed by atoms with E-state index in [1.165, 1.54) is 0 Å². The van der Waals surface area contributed by atoms with Crippen molar-refractivity contribution >= 4 is 17.3 Å². The Bertz CT molecular complexity index is 1030. The van der Waals surface area contributed by atoms with Gasteiger partial charge in [-0.2, -0.15) is 0 Å². The number of carbonyl (C=O) groups excluding carboxylic acids is 1. The van der Waals surface area contributed by atoms with Crippen LogP contribution < -0.4 is 4.74 Å². The molecule has 0 bridgehead atoms. The highest BCUT2D eigenvalue weighted by molar-refractivity contribution is 7.13. The van der Waals surface area contributed by atoms with Crippen LogP contribution in [0.25, 0.3) is 21.8 Å². The number of aromatic hydroxyl groups is 1. The molecule has 0 amide bonds. The maximum absolute atomic E-state index is 12.6. The minimum Gasteiger partial charge on any atom is -0.504 e. The van der Waals surface area contributed by atoms with Crippen LogP contribution in [0.5, 0.6) is 11.5 Å². The number of rotatable bonds is 6. The van der Waals surface area contributed by atoms with Crippen molar-refractivity contribution in [2.45, 2.75) is 19.9 Å². The Morgan fingerprint density at radius 2 is 2.25 bits per heavy atom. The zero-order chi connectivity index (χ0) is 19.7. The molecule has 1 aromatic carbocycles. The van der Waals surface area contributed by atoms with Crippen molar-refractivity contribution in [1.29, 1.82) is 0 Å². The predicted octanol–water partition coefficient (Wildman–Crippen LogP) is 4.89. The highest BCUT2D eigenvalue weighted by Gasteiger charge is 2.28. The monoisotopic (exact) mass is 395 g/mol. The zero-order valence-electron chi connectivity index (χ0n) is 15.6. The Morgan fingerprint density at radius 1 is 1.39 bits per heavy atom. The van der Waals surface area contributed by atoms with Gasteiger partial charge in [0.25, 0.3) is 0 Å². The van der Waals surface area contributed by atoms with E-state index in [2.05, 4.69) is 11.1 Å². The largest absolute Gasteiger partial charge is 0.504 e. The average Bonchev–Trinajstić information content (AvgIpc) is 3.33. The quantitative estimate of drug-likeness (QED) is 0.477. The Labute approximate surface area is 167 Å². The second-order valence-corrected chi connectivity index (χ2v) is 7.42. The van der Waals surface area contributed by atoms with Crippen LogP contribution in [-0.4, -0.2) is 28.9 Å². The molecule has 6 heteroatoms. The molecule has 3 heterocycles. The van der Waals surface area contributed by atoms with Crippen LogP contribution in [-0.2, 0) is 17.7 Å². The molecule has 2 aromatic heterocycles. The molecule has 0 spiro atoms. The Hall–Kier alpha value is -2.99. The van der Waals surface area contributed by atoms with Crippen LogP contribution in [0.2, 0.25) is 0 Å². The van der Waals surface area contributed by atoms with E-state index in [1.807, 2.05) is 29.6 Å². The number of thiophene rings is 1. The number of ether oxygens (including phenoxy) is 2. The van der Waals surface area contributed by atoms with E-state index in [0.717, 1.165) is 40.4 Å². The number of aromatic nitrogens is 1. The van der Waals surface area contributed by atoms with E-state index in [4.69, 9.17) is 9.47 Å². The molecule has 3 aromatic rings. The molecule has 0 atom stereocenters. The summed E-state index contributed by atoms with van der Waals surface area (Å²) in [5.41, 5.74) is 4.36. The number of fused-ring (bicyclic) bond motifs is 3. The molecule has 0 fully saturated rings. The van der Waals surface area contributed by atoms with Gasteiger partial charge in [-0.25, -0.2) is 4.79 Å². The molecule has 1 aliphatic rings. The standard InChI is InChI=1S/C22H21NO4S/c1-3-9-27-19-13-15-14(11-18(19)24)7-8-23-17(15)12-16(22(25)26-4-2)21(23)20-6-5-10-28-20/h3,5-6,10-13,24H,1,4,7-9H2,2H3. The molecular weight excluding hydrogens is 374 g/mol. The first-order chi connectivity index (χ1) is 13.6. The SMILES string of the molecule is C=CCOc1cc2c(cc1O)CCn1c-2cc(C(=O)OCC)c1-c1cccs1. The lowest BCUT2D eigenvalue weighted by atomic mass is 9.97. The summed E-state index contributed by atoms with van der Waals surface area (Å²) in [4.78, 5) is 13.7. The molecule has 1 N–H and O–H groups in total. The molecule has 0 radical (unpaired) electrons. The van der Waals surface area contributed by atoms with Gasteiger partial charge in [-0.3, -0.25) is 0 Å². The maximum atomic E-state index is 12.6. The van der Waals surface area contributed by atoms with Crippen LogP contribution >= 0.6 is 11.3 Å². The Morgan fingerprint density at radius 3 is 2.96 bits per heavy atom. The summed E-state index contributed by atoms with van der Waals surface area (Å²) in [5.74, 6) is 0.199. The number of benzene rings is 1. The van der Waals surface area contributed by atoms with Crippen molar-refractivity contribution in [3.8, 4) is 33.3 Å². The molecular formula is C22H21NO4S. The minimum absolute atomic E-state index is 0.115. The molecule has 144 valence electrons. The summed E-state index contributed by atoms with van der Waals surface area (Å²) < 4.78 is 13.1. The van der Waals surface area contributed by atoms with Crippen LogP contribution in [0, 0.1) is 0 Å². The highest BCUT2D eigenvalue weighted by Crippen LogP contribution is 2.43. The molecule has 28 heavy (non-hydrogen) atoms. The maximum Gasteiger partial charge on any atom is 0.340 e. The molecule has 0 saturated carbocycles. The number of hydrogen-bond acceptors (Lipinski definition) is 5. The number of phenolic OH excluding ortho intramolecular Hbond substituents is 1. The number of phenols is 1. The first-order valence-corrected chi connectivity index (χ1v) is 10.1. The van der Waals surface area contributed by atoms with Gasteiger partial charge >= 0.3 is 5.97 Å². The molecule has 0 saturated heterocycles. The average molecular weight is 395 g/mol. The highest BCUT2D eigenvalue weighted by atomic mass is 32.1. The van der Waals surface area contributed by atoms with Gasteiger partial charge in [0, 0.05) is 17.8 Å². The summed E-state index contributed by atoms with van der Waals surface area (Å²) in [7, 11) is 0. The van der Waals surface area contributed by atoms with E-state index in [-0.39, 0.29) is 11.7 Å². The molecule has 1 aliphatic heterocycles. The molecule has 5 nitrogen and oxygen atoms in total. The normalized spacial score (nSPS) is 12.2. The Kier molecular flexibility index (Phi) is 4.96. The fraction of sp³-hybridized carbons (Fsp3) is 0.227. The third-order valence-corrected chi connectivity index (χ3v) is 5.65. The number of carbonyl (C=O) groups is 1. The van der Waals surface area contributed by atoms with Crippen molar-refractivity contribution in [2.24, 2.45) is 0 Å². The Balaban J connectivity index is 1.89. The van der Waals surface area contributed by atoms with Gasteiger partial charge in [0.1, 0.15) is 6.61 Å². The van der Waals surface area contributed by atoms with Gasteiger partial charge < -0.3 is 19.1 Å². The van der Waals surface area contributed by atoms with Crippen LogP contribution in [0.3, 0.4) is 0 Å². The van der Waals surface area contributed by atoms with Crippen molar-refractivity contribution < 1.29 is 19.4 Å². The van der Waals surface area contributed by atoms with Crippen LogP contribution in [0.1, 0.15) is 22.8 Å². The number of aryl methyl sites for hydroxylation is 1. The van der Waals surface area contributed by atoms with Crippen LogP contribution in [0.4, 0.5) is 0 Å². The number of hydrogen-bond donors (Lipinski definition) is 1. The third-order valence-electron chi connectivity index (χ3n) is 4.77. The summed E-state index contributed by atoms with van der Waals surface area (Å²) in [6, 6.07) is 9.47. The molecule has 0 aliphatic carbocycles. The topological polar surface area (TPSA) is 60.7 Å². The first kappa shape index (κ1) is 18.4. The summed E-state index contributed by atoms with van der Waals surface area (Å²) in [6.07, 6.45) is 2.39. The number of nitrogens with zero attached hydrogens (tertiary/aromatic N) is 1. The summed E-state index contributed by atoms with van der Waals surface area (Å²) in [6.45, 7) is 6.81. The molecule has 0 unspecified atom stereocenters. The van der Waals surface area contributed by atoms with Gasteiger partial charge in [0.2, 0.25) is 0 Å². The van der Waals surface area contributed by atoms with E-state index in [0.29, 0.717) is 24.5 Å². The molecule has 4 rings (SSSR count). The van der Waals surface area contributed by atoms with E-state index >= 15 is 0 Å². The summed E-state index contributed by atoms with van der Waals surface area (Å²) in [5, 5.41) is 12.3. The van der Waals surface area contributed by atoms with Crippen molar-refractivity contribution in [2.75, 3.05) is 13.2 Å². The summed E-state index contributed by atoms with van der Waals surface area (Å²) >= 11 is 1.60. The minimum atomic E-state index is -0.323. The van der Waals surface area contributed by atoms with Gasteiger partial charge in [0.05, 0.1) is 22.7 Å². The zero-order valence-corrected chi connectivity index (χ0v) is 16.4. The third kappa shape index (κ3) is 3.10. The fourth-order valence-electron chi connectivity index (χ4n) is 3.60. The predicted molar refractivity (Wildman–Crippen MR) is 110 cm³/mol. The van der Waals surface area contributed by atoms with Crippen molar-refractivity contribution in [3.05, 3.63) is 59.5 Å². The number of esters is 1. The fourth-order valence-corrected chi connectivity index (χ4v) is 4.39. The van der Waals surface area contributed by atoms with E-state index in [9.17, 15) is 9.90 Å². The lowest BCUT2D eigenvalue weighted by Gasteiger charge is -2.22. The lowest BCUT2D eigenvalue weighted by Crippen LogP contribution is -2.12. The van der Waals surface area contributed by atoms with Crippen LogP contribution in [0.15, 0.2) is 48.4 Å². The van der Waals surface area contributed by atoms with E-state index in [1.54, 1.807) is 30.4 Å². The van der Waals surface area contributed by atoms with E-state index < -0.39 is 0 Å². The second-order valence-electron chi connectivity index (χ2n) is 6.47. The van der Waals surface area contributed by atoms with Gasteiger partial charge in [0.15, 0.2) is 11.5 Å². The smallest absolute Gasteiger partial charge is 0.340 e. The van der Waals surface area contributed by atoms with Gasteiger partial charge in [-0.05, 0) is 48.6 Å². The van der Waals surface area contributed by atoms with Gasteiger partial charge in [-0.1, -0.05) is 18.7 Å².